The maximum absolute atomic E-state index is 6.21. The van der Waals surface area contributed by atoms with Gasteiger partial charge in [0.2, 0.25) is 0 Å². The van der Waals surface area contributed by atoms with Crippen LogP contribution in [0.25, 0.3) is 11.0 Å². The van der Waals surface area contributed by atoms with Crippen molar-refractivity contribution in [3.63, 3.8) is 0 Å². The first-order valence-corrected chi connectivity index (χ1v) is 7.82. The van der Waals surface area contributed by atoms with Crippen molar-refractivity contribution in [2.75, 3.05) is 6.54 Å². The number of benzene rings is 1. The Labute approximate surface area is 122 Å². The average Bonchev–Trinajstić information content (AvgIpc) is 2.86. The van der Waals surface area contributed by atoms with E-state index < -0.39 is 0 Å². The molecule has 20 heavy (non-hydrogen) atoms. The van der Waals surface area contributed by atoms with E-state index >= 15 is 0 Å². The fourth-order valence-electron chi connectivity index (χ4n) is 2.80. The van der Waals surface area contributed by atoms with E-state index in [-0.39, 0.29) is 0 Å². The molecule has 2 rings (SSSR count). The van der Waals surface area contributed by atoms with Gasteiger partial charge in [0.25, 0.3) is 0 Å². The van der Waals surface area contributed by atoms with Crippen LogP contribution in [0, 0.1) is 20.8 Å². The first-order valence-electron chi connectivity index (χ1n) is 7.82. The maximum Gasteiger partial charge on any atom is 0.137 e. The van der Waals surface area contributed by atoms with Gasteiger partial charge in [-0.3, -0.25) is 0 Å². The van der Waals surface area contributed by atoms with E-state index in [9.17, 15) is 0 Å². The monoisotopic (exact) mass is 273 g/mol. The summed E-state index contributed by atoms with van der Waals surface area (Å²) in [5, 5.41) is 4.87. The topological polar surface area (TPSA) is 25.2 Å². The summed E-state index contributed by atoms with van der Waals surface area (Å²) in [4.78, 5) is 0. The standard InChI is InChI=1S/C18H27NO/c1-6-8-16(19-9-7-2)17-11-15-13(4)10-12(3)14(5)18(15)20-17/h10-11,16,19H,6-9H2,1-5H3. The molecule has 2 heteroatoms. The molecule has 1 unspecified atom stereocenters. The Kier molecular flexibility index (Phi) is 4.87. The maximum atomic E-state index is 6.21. The van der Waals surface area contributed by atoms with Crippen LogP contribution in [0.3, 0.4) is 0 Å². The molecule has 1 atom stereocenters. The highest BCUT2D eigenvalue weighted by atomic mass is 16.3. The predicted octanol–water partition coefficient (Wildman–Crippen LogP) is 5.20. The third kappa shape index (κ3) is 2.90. The van der Waals surface area contributed by atoms with Crippen molar-refractivity contribution in [3.05, 3.63) is 34.6 Å². The molecule has 0 aliphatic heterocycles. The van der Waals surface area contributed by atoms with Crippen LogP contribution < -0.4 is 5.32 Å². The molecular formula is C18H27NO. The van der Waals surface area contributed by atoms with Crippen LogP contribution >= 0.6 is 0 Å². The van der Waals surface area contributed by atoms with Gasteiger partial charge in [0.15, 0.2) is 0 Å². The zero-order valence-corrected chi connectivity index (χ0v) is 13.5. The van der Waals surface area contributed by atoms with Crippen molar-refractivity contribution < 1.29 is 4.42 Å². The number of aryl methyl sites for hydroxylation is 3. The molecule has 0 saturated carbocycles. The van der Waals surface area contributed by atoms with Crippen molar-refractivity contribution in [2.24, 2.45) is 0 Å². The van der Waals surface area contributed by atoms with E-state index in [1.807, 2.05) is 0 Å². The first-order chi connectivity index (χ1) is 9.58. The molecule has 0 saturated heterocycles. The van der Waals surface area contributed by atoms with Gasteiger partial charge in [0, 0.05) is 5.39 Å². The third-order valence-corrected chi connectivity index (χ3v) is 4.10. The van der Waals surface area contributed by atoms with Crippen molar-refractivity contribution in [2.45, 2.75) is 59.9 Å². The van der Waals surface area contributed by atoms with Crippen LogP contribution in [0.15, 0.2) is 16.5 Å². The van der Waals surface area contributed by atoms with E-state index in [2.05, 4.69) is 52.1 Å². The van der Waals surface area contributed by atoms with Crippen LogP contribution in [-0.2, 0) is 0 Å². The summed E-state index contributed by atoms with van der Waals surface area (Å²) >= 11 is 0. The highest BCUT2D eigenvalue weighted by Crippen LogP contribution is 2.32. The molecule has 1 heterocycles. The van der Waals surface area contributed by atoms with Crippen LogP contribution in [0.2, 0.25) is 0 Å². The average molecular weight is 273 g/mol. The molecular weight excluding hydrogens is 246 g/mol. The van der Waals surface area contributed by atoms with Gasteiger partial charge in [-0.1, -0.05) is 26.3 Å². The lowest BCUT2D eigenvalue weighted by Gasteiger charge is -2.14. The third-order valence-electron chi connectivity index (χ3n) is 4.10. The normalized spacial score (nSPS) is 13.1. The number of fused-ring (bicyclic) bond motifs is 1. The number of nitrogens with one attached hydrogen (secondary N) is 1. The molecule has 110 valence electrons. The molecule has 1 aromatic heterocycles. The molecule has 1 N–H and O–H groups in total. The number of furan rings is 1. The van der Waals surface area contributed by atoms with Crippen LogP contribution in [0.1, 0.15) is 61.6 Å². The summed E-state index contributed by atoms with van der Waals surface area (Å²) in [7, 11) is 0. The first kappa shape index (κ1) is 15.1. The summed E-state index contributed by atoms with van der Waals surface area (Å²) in [6.07, 6.45) is 3.43. The molecule has 0 aliphatic carbocycles. The molecule has 0 amide bonds. The van der Waals surface area contributed by atoms with Crippen molar-refractivity contribution in [3.8, 4) is 0 Å². The summed E-state index contributed by atoms with van der Waals surface area (Å²) < 4.78 is 6.21. The Hall–Kier alpha value is -1.28. The molecule has 0 aliphatic rings. The molecule has 0 spiro atoms. The number of hydrogen-bond donors (Lipinski definition) is 1. The molecule has 0 radical (unpaired) electrons. The van der Waals surface area contributed by atoms with Gasteiger partial charge in [0.05, 0.1) is 6.04 Å². The van der Waals surface area contributed by atoms with E-state index in [4.69, 9.17) is 4.42 Å². The number of rotatable bonds is 6. The predicted molar refractivity (Wildman–Crippen MR) is 86.4 cm³/mol. The van der Waals surface area contributed by atoms with Crippen molar-refractivity contribution in [1.29, 1.82) is 0 Å². The minimum atomic E-state index is 0.339. The Morgan fingerprint density at radius 2 is 1.80 bits per heavy atom. The van der Waals surface area contributed by atoms with Gasteiger partial charge in [-0.05, 0) is 62.9 Å². The largest absolute Gasteiger partial charge is 0.459 e. The minimum Gasteiger partial charge on any atom is -0.459 e. The second-order valence-electron chi connectivity index (χ2n) is 5.82. The second kappa shape index (κ2) is 6.45. The highest BCUT2D eigenvalue weighted by molar-refractivity contribution is 5.85. The number of hydrogen-bond acceptors (Lipinski definition) is 2. The molecule has 0 bridgehead atoms. The summed E-state index contributed by atoms with van der Waals surface area (Å²) in [6.45, 7) is 11.9. The van der Waals surface area contributed by atoms with E-state index in [1.165, 1.54) is 22.1 Å². The van der Waals surface area contributed by atoms with Crippen molar-refractivity contribution in [1.82, 2.24) is 5.32 Å². The zero-order valence-electron chi connectivity index (χ0n) is 13.5. The van der Waals surface area contributed by atoms with E-state index in [0.29, 0.717) is 6.04 Å². The Morgan fingerprint density at radius 1 is 1.05 bits per heavy atom. The van der Waals surface area contributed by atoms with Gasteiger partial charge >= 0.3 is 0 Å². The summed E-state index contributed by atoms with van der Waals surface area (Å²) in [5.74, 6) is 1.09. The van der Waals surface area contributed by atoms with Gasteiger partial charge in [-0.25, -0.2) is 0 Å². The fourth-order valence-corrected chi connectivity index (χ4v) is 2.80. The minimum absolute atomic E-state index is 0.339. The molecule has 1 aromatic carbocycles. The lowest BCUT2D eigenvalue weighted by molar-refractivity contribution is 0.407. The SMILES string of the molecule is CCCNC(CCC)c1cc2c(C)cc(C)c(C)c2o1. The molecule has 0 fully saturated rings. The Bertz CT molecular complexity index is 583. The molecule has 2 nitrogen and oxygen atoms in total. The highest BCUT2D eigenvalue weighted by Gasteiger charge is 2.17. The Morgan fingerprint density at radius 3 is 2.45 bits per heavy atom. The molecule has 2 aromatic rings. The second-order valence-corrected chi connectivity index (χ2v) is 5.82. The Balaban J connectivity index is 2.43. The van der Waals surface area contributed by atoms with Crippen LogP contribution in [0.4, 0.5) is 0 Å². The van der Waals surface area contributed by atoms with Crippen LogP contribution in [0.5, 0.6) is 0 Å². The van der Waals surface area contributed by atoms with Gasteiger partial charge in [-0.2, -0.15) is 0 Å². The van der Waals surface area contributed by atoms with E-state index in [1.54, 1.807) is 0 Å². The summed E-state index contributed by atoms with van der Waals surface area (Å²) in [5.41, 5.74) is 4.95. The van der Waals surface area contributed by atoms with Crippen molar-refractivity contribution >= 4 is 11.0 Å². The van der Waals surface area contributed by atoms with Gasteiger partial charge < -0.3 is 9.73 Å². The zero-order chi connectivity index (χ0) is 14.7. The van der Waals surface area contributed by atoms with E-state index in [0.717, 1.165) is 37.2 Å². The summed E-state index contributed by atoms with van der Waals surface area (Å²) in [6, 6.07) is 4.83. The lowest BCUT2D eigenvalue weighted by atomic mass is 10.0. The fraction of sp³-hybridized carbons (Fsp3) is 0.556. The quantitative estimate of drug-likeness (QED) is 0.782. The van der Waals surface area contributed by atoms with Gasteiger partial charge in [-0.15, -0.1) is 0 Å². The lowest BCUT2D eigenvalue weighted by Crippen LogP contribution is -2.21. The smallest absolute Gasteiger partial charge is 0.137 e. The van der Waals surface area contributed by atoms with Crippen LogP contribution in [-0.4, -0.2) is 6.54 Å². The van der Waals surface area contributed by atoms with Gasteiger partial charge in [0.1, 0.15) is 11.3 Å².